The molecule has 1 unspecified atom stereocenters. The Morgan fingerprint density at radius 3 is 2.56 bits per heavy atom. The predicted molar refractivity (Wildman–Crippen MR) is 59.2 cm³/mol. The minimum Gasteiger partial charge on any atom is -0.480 e. The van der Waals surface area contributed by atoms with Crippen LogP contribution in [0.5, 0.6) is 0 Å². The number of aliphatic carboxylic acids is 1. The molecular formula is C11H13F3N2O2. The van der Waals surface area contributed by atoms with Gasteiger partial charge >= 0.3 is 12.1 Å². The summed E-state index contributed by atoms with van der Waals surface area (Å²) in [6.45, 7) is 1.82. The van der Waals surface area contributed by atoms with Crippen molar-refractivity contribution in [3.8, 4) is 0 Å². The van der Waals surface area contributed by atoms with Crippen LogP contribution in [0.15, 0.2) is 18.3 Å². The molecule has 0 aliphatic rings. The van der Waals surface area contributed by atoms with Gasteiger partial charge in [0.15, 0.2) is 0 Å². The summed E-state index contributed by atoms with van der Waals surface area (Å²) in [7, 11) is 0. The van der Waals surface area contributed by atoms with E-state index in [0.717, 1.165) is 12.1 Å². The summed E-state index contributed by atoms with van der Waals surface area (Å²) >= 11 is 0. The third-order valence-corrected chi connectivity index (χ3v) is 2.29. The molecule has 0 saturated heterocycles. The van der Waals surface area contributed by atoms with E-state index in [2.05, 4.69) is 10.3 Å². The Kier molecular flexibility index (Phi) is 4.52. The quantitative estimate of drug-likeness (QED) is 0.856. The van der Waals surface area contributed by atoms with Gasteiger partial charge in [0.2, 0.25) is 0 Å². The Morgan fingerprint density at radius 1 is 1.50 bits per heavy atom. The van der Waals surface area contributed by atoms with Crippen LogP contribution < -0.4 is 5.32 Å². The second-order valence-electron chi connectivity index (χ2n) is 3.75. The van der Waals surface area contributed by atoms with Crippen molar-refractivity contribution in [2.75, 3.05) is 5.32 Å². The number of anilines is 1. The minimum atomic E-state index is -4.44. The van der Waals surface area contributed by atoms with Gasteiger partial charge in [0.05, 0.1) is 5.56 Å². The molecule has 1 atom stereocenters. The highest BCUT2D eigenvalue weighted by Crippen LogP contribution is 2.28. The molecule has 1 aromatic rings. The van der Waals surface area contributed by atoms with E-state index in [4.69, 9.17) is 5.11 Å². The molecule has 18 heavy (non-hydrogen) atoms. The fourth-order valence-corrected chi connectivity index (χ4v) is 1.37. The van der Waals surface area contributed by atoms with Crippen molar-refractivity contribution >= 4 is 11.8 Å². The summed E-state index contributed by atoms with van der Waals surface area (Å²) in [5.74, 6) is -0.942. The number of carboxylic acids is 1. The van der Waals surface area contributed by atoms with E-state index in [1.807, 2.05) is 6.92 Å². The van der Waals surface area contributed by atoms with E-state index >= 15 is 0 Å². The van der Waals surface area contributed by atoms with Crippen LogP contribution in [0.2, 0.25) is 0 Å². The lowest BCUT2D eigenvalue weighted by Gasteiger charge is -2.14. The zero-order chi connectivity index (χ0) is 13.8. The molecule has 1 aromatic heterocycles. The topological polar surface area (TPSA) is 62.2 Å². The molecule has 0 aliphatic heterocycles. The molecule has 0 fully saturated rings. The molecule has 0 amide bonds. The summed E-state index contributed by atoms with van der Waals surface area (Å²) in [5.41, 5.74) is -0.865. The third kappa shape index (κ3) is 3.90. The first kappa shape index (κ1) is 14.3. The molecule has 7 heteroatoms. The van der Waals surface area contributed by atoms with Gasteiger partial charge < -0.3 is 10.4 Å². The van der Waals surface area contributed by atoms with Crippen molar-refractivity contribution in [2.24, 2.45) is 0 Å². The number of alkyl halides is 3. The van der Waals surface area contributed by atoms with Crippen LogP contribution in [0.3, 0.4) is 0 Å². The van der Waals surface area contributed by atoms with E-state index < -0.39 is 23.8 Å². The van der Waals surface area contributed by atoms with Gasteiger partial charge in [-0.3, -0.25) is 0 Å². The van der Waals surface area contributed by atoms with Crippen molar-refractivity contribution < 1.29 is 23.1 Å². The number of pyridine rings is 1. The highest BCUT2D eigenvalue weighted by atomic mass is 19.4. The first-order valence-electron chi connectivity index (χ1n) is 5.37. The minimum absolute atomic E-state index is 0.115. The van der Waals surface area contributed by atoms with Crippen molar-refractivity contribution in [2.45, 2.75) is 32.0 Å². The van der Waals surface area contributed by atoms with E-state index in [0.29, 0.717) is 19.0 Å². The summed E-state index contributed by atoms with van der Waals surface area (Å²) < 4.78 is 36.8. The molecule has 0 spiro atoms. The molecule has 100 valence electrons. The van der Waals surface area contributed by atoms with Crippen LogP contribution in [-0.2, 0) is 11.0 Å². The number of rotatable bonds is 5. The van der Waals surface area contributed by atoms with Crippen molar-refractivity contribution in [1.82, 2.24) is 4.98 Å². The maximum Gasteiger partial charge on any atom is 0.417 e. The van der Waals surface area contributed by atoms with Crippen LogP contribution in [0.4, 0.5) is 19.0 Å². The molecule has 1 rings (SSSR count). The van der Waals surface area contributed by atoms with Crippen LogP contribution in [-0.4, -0.2) is 22.1 Å². The lowest BCUT2D eigenvalue weighted by atomic mass is 10.1. The zero-order valence-electron chi connectivity index (χ0n) is 9.66. The molecule has 0 aliphatic carbocycles. The lowest BCUT2D eigenvalue weighted by Crippen LogP contribution is -2.29. The fraction of sp³-hybridized carbons (Fsp3) is 0.455. The van der Waals surface area contributed by atoms with Gasteiger partial charge in [-0.05, 0) is 18.6 Å². The summed E-state index contributed by atoms with van der Waals surface area (Å²) in [5, 5.41) is 11.5. The summed E-state index contributed by atoms with van der Waals surface area (Å²) in [6, 6.07) is 1.13. The Hall–Kier alpha value is -1.79. The van der Waals surface area contributed by atoms with Gasteiger partial charge in [0.1, 0.15) is 11.9 Å². The second kappa shape index (κ2) is 5.70. The molecule has 2 N–H and O–H groups in total. The Labute approximate surface area is 102 Å². The van der Waals surface area contributed by atoms with E-state index in [-0.39, 0.29) is 5.82 Å². The number of nitrogens with zero attached hydrogens (tertiary/aromatic N) is 1. The van der Waals surface area contributed by atoms with Gasteiger partial charge in [-0.1, -0.05) is 13.3 Å². The van der Waals surface area contributed by atoms with Crippen LogP contribution in [0.25, 0.3) is 0 Å². The fourth-order valence-electron chi connectivity index (χ4n) is 1.37. The molecule has 0 radical (unpaired) electrons. The Bertz CT molecular complexity index is 404. The molecule has 1 heterocycles. The van der Waals surface area contributed by atoms with Gasteiger partial charge in [-0.2, -0.15) is 13.2 Å². The average molecular weight is 262 g/mol. The lowest BCUT2D eigenvalue weighted by molar-refractivity contribution is -0.139. The SMILES string of the molecule is CCCC(Nc1ccc(C(F)(F)F)cn1)C(=O)O. The van der Waals surface area contributed by atoms with Crippen LogP contribution in [0, 0.1) is 0 Å². The van der Waals surface area contributed by atoms with Gasteiger partial charge in [-0.25, -0.2) is 9.78 Å². The highest BCUT2D eigenvalue weighted by molar-refractivity contribution is 5.76. The third-order valence-electron chi connectivity index (χ3n) is 2.29. The Balaban J connectivity index is 2.76. The molecule has 0 saturated carbocycles. The van der Waals surface area contributed by atoms with Crippen molar-refractivity contribution in [3.05, 3.63) is 23.9 Å². The maximum atomic E-state index is 12.3. The normalized spacial score (nSPS) is 13.1. The summed E-state index contributed by atoms with van der Waals surface area (Å²) in [4.78, 5) is 14.4. The molecule has 0 bridgehead atoms. The number of hydrogen-bond donors (Lipinski definition) is 2. The standard InChI is InChI=1S/C11H13F3N2O2/c1-2-3-8(10(17)18)16-9-5-4-7(6-15-9)11(12,13)14/h4-6,8H,2-3H2,1H3,(H,15,16)(H,17,18). The van der Waals surface area contributed by atoms with Gasteiger partial charge in [0.25, 0.3) is 0 Å². The average Bonchev–Trinajstić information content (AvgIpc) is 2.28. The van der Waals surface area contributed by atoms with Gasteiger partial charge in [0, 0.05) is 6.20 Å². The first-order chi connectivity index (χ1) is 8.34. The van der Waals surface area contributed by atoms with Gasteiger partial charge in [-0.15, -0.1) is 0 Å². The van der Waals surface area contributed by atoms with Crippen LogP contribution >= 0.6 is 0 Å². The zero-order valence-corrected chi connectivity index (χ0v) is 9.66. The smallest absolute Gasteiger partial charge is 0.417 e. The number of halogens is 3. The van der Waals surface area contributed by atoms with Crippen molar-refractivity contribution in [1.29, 1.82) is 0 Å². The number of hydrogen-bond acceptors (Lipinski definition) is 3. The van der Waals surface area contributed by atoms with E-state index in [1.54, 1.807) is 0 Å². The first-order valence-corrected chi connectivity index (χ1v) is 5.37. The largest absolute Gasteiger partial charge is 0.480 e. The van der Waals surface area contributed by atoms with E-state index in [1.165, 1.54) is 0 Å². The highest BCUT2D eigenvalue weighted by Gasteiger charge is 2.30. The Morgan fingerprint density at radius 2 is 2.17 bits per heavy atom. The monoisotopic (exact) mass is 262 g/mol. The predicted octanol–water partition coefficient (Wildman–Crippen LogP) is 2.77. The van der Waals surface area contributed by atoms with Crippen molar-refractivity contribution in [3.63, 3.8) is 0 Å². The van der Waals surface area contributed by atoms with Crippen LogP contribution in [0.1, 0.15) is 25.3 Å². The number of nitrogens with one attached hydrogen (secondary N) is 1. The molecule has 4 nitrogen and oxygen atoms in total. The molecular weight excluding hydrogens is 249 g/mol. The maximum absolute atomic E-state index is 12.3. The number of aromatic nitrogens is 1. The molecule has 0 aromatic carbocycles. The van der Waals surface area contributed by atoms with E-state index in [9.17, 15) is 18.0 Å². The summed E-state index contributed by atoms with van der Waals surface area (Å²) in [6.07, 6.45) is -2.75. The number of carboxylic acid groups (broad SMARTS) is 1. The second-order valence-corrected chi connectivity index (χ2v) is 3.75. The number of carbonyl (C=O) groups is 1.